The molecule has 2 rings (SSSR count). The molecular formula is C13H13F3N2O5S. The molecule has 0 aromatic heterocycles. The predicted octanol–water partition coefficient (Wildman–Crippen LogP) is 0.913. The number of sulfonamides is 1. The van der Waals surface area contributed by atoms with Crippen LogP contribution in [-0.2, 0) is 21.0 Å². The van der Waals surface area contributed by atoms with Crippen LogP contribution in [-0.4, -0.2) is 48.8 Å². The van der Waals surface area contributed by atoms with Crippen molar-refractivity contribution in [2.75, 3.05) is 13.1 Å². The fraction of sp³-hybridized carbons (Fsp3) is 0.385. The number of hydrogen-bond acceptors (Lipinski definition) is 4. The van der Waals surface area contributed by atoms with E-state index in [2.05, 4.69) is 5.32 Å². The number of hydrogen-bond donors (Lipinski definition) is 2. The lowest BCUT2D eigenvalue weighted by Crippen LogP contribution is -2.54. The molecule has 0 saturated carbocycles. The molecule has 1 saturated heterocycles. The van der Waals surface area contributed by atoms with Crippen LogP contribution in [0.15, 0.2) is 23.1 Å². The summed E-state index contributed by atoms with van der Waals surface area (Å²) in [6.45, 7) is 0.930. The van der Waals surface area contributed by atoms with E-state index in [1.807, 2.05) is 0 Å². The summed E-state index contributed by atoms with van der Waals surface area (Å²) < 4.78 is 64.7. The number of alkyl halides is 3. The van der Waals surface area contributed by atoms with Crippen LogP contribution in [0.4, 0.5) is 13.2 Å². The highest BCUT2D eigenvalue weighted by Crippen LogP contribution is 2.34. The Bertz CT molecular complexity index is 791. The molecule has 1 amide bonds. The Labute approximate surface area is 135 Å². The number of rotatable bonds is 3. The molecule has 0 aliphatic carbocycles. The van der Waals surface area contributed by atoms with Crippen LogP contribution in [0, 0.1) is 0 Å². The molecule has 24 heavy (non-hydrogen) atoms. The van der Waals surface area contributed by atoms with E-state index in [1.54, 1.807) is 6.92 Å². The van der Waals surface area contributed by atoms with Crippen molar-refractivity contribution in [2.45, 2.75) is 24.0 Å². The van der Waals surface area contributed by atoms with Crippen LogP contribution in [0.1, 0.15) is 22.8 Å². The molecule has 11 heteroatoms. The number of nitrogens with zero attached hydrogens (tertiary/aromatic N) is 1. The second-order valence-electron chi connectivity index (χ2n) is 5.28. The van der Waals surface area contributed by atoms with Crippen LogP contribution < -0.4 is 5.32 Å². The minimum atomic E-state index is -5.04. The second-order valence-corrected chi connectivity index (χ2v) is 7.21. The van der Waals surface area contributed by atoms with Crippen molar-refractivity contribution in [1.29, 1.82) is 0 Å². The monoisotopic (exact) mass is 366 g/mol. The maximum atomic E-state index is 13.0. The summed E-state index contributed by atoms with van der Waals surface area (Å²) in [5.74, 6) is -2.40. The number of piperazine rings is 1. The smallest absolute Gasteiger partial charge is 0.417 e. The number of halogens is 3. The SMILES string of the molecule is CC1CN(S(=O)(=O)c2ccc(C(=O)O)c(C(F)(F)F)c2)CC(=O)N1. The first-order chi connectivity index (χ1) is 10.9. The average Bonchev–Trinajstić information content (AvgIpc) is 2.44. The van der Waals surface area contributed by atoms with Gasteiger partial charge in [-0.3, -0.25) is 4.79 Å². The maximum absolute atomic E-state index is 13.0. The van der Waals surface area contributed by atoms with Crippen molar-refractivity contribution < 1.29 is 36.3 Å². The van der Waals surface area contributed by atoms with Gasteiger partial charge in [0.1, 0.15) is 0 Å². The molecular weight excluding hydrogens is 353 g/mol. The van der Waals surface area contributed by atoms with Crippen LogP contribution >= 0.6 is 0 Å². The minimum absolute atomic E-state index is 0.101. The van der Waals surface area contributed by atoms with Crippen molar-refractivity contribution in [2.24, 2.45) is 0 Å². The lowest BCUT2D eigenvalue weighted by Gasteiger charge is -2.30. The standard InChI is InChI=1S/C13H13F3N2O5S/c1-7-5-18(6-11(19)17-7)24(22,23)8-2-3-9(12(20)21)10(4-8)13(14,15)16/h2-4,7H,5-6H2,1H3,(H,17,19)(H,20,21). The Morgan fingerprint density at radius 3 is 2.50 bits per heavy atom. The van der Waals surface area contributed by atoms with E-state index in [0.717, 1.165) is 10.4 Å². The van der Waals surface area contributed by atoms with Gasteiger partial charge >= 0.3 is 12.1 Å². The van der Waals surface area contributed by atoms with Crippen LogP contribution in [0.2, 0.25) is 0 Å². The third-order valence-corrected chi connectivity index (χ3v) is 5.18. The van der Waals surface area contributed by atoms with Gasteiger partial charge < -0.3 is 10.4 Å². The number of carboxylic acid groups (broad SMARTS) is 1. The molecule has 0 spiro atoms. The summed E-state index contributed by atoms with van der Waals surface area (Å²) in [4.78, 5) is 21.6. The lowest BCUT2D eigenvalue weighted by molar-refractivity contribution is -0.138. The zero-order chi connectivity index (χ0) is 18.3. The largest absolute Gasteiger partial charge is 0.478 e. The van der Waals surface area contributed by atoms with Crippen molar-refractivity contribution in [3.63, 3.8) is 0 Å². The van der Waals surface area contributed by atoms with Gasteiger partial charge in [-0.1, -0.05) is 0 Å². The molecule has 0 radical (unpaired) electrons. The molecule has 2 N–H and O–H groups in total. The van der Waals surface area contributed by atoms with Crippen molar-refractivity contribution in [3.8, 4) is 0 Å². The molecule has 1 aliphatic heterocycles. The fourth-order valence-corrected chi connectivity index (χ4v) is 3.85. The lowest BCUT2D eigenvalue weighted by atomic mass is 10.1. The summed E-state index contributed by atoms with van der Waals surface area (Å²) in [5, 5.41) is 11.3. The number of aromatic carboxylic acids is 1. The van der Waals surface area contributed by atoms with E-state index in [0.29, 0.717) is 6.07 Å². The third-order valence-electron chi connectivity index (χ3n) is 3.37. The average molecular weight is 366 g/mol. The first kappa shape index (κ1) is 18.2. The highest BCUT2D eigenvalue weighted by Gasteiger charge is 2.38. The number of amides is 1. The molecule has 1 unspecified atom stereocenters. The van der Waals surface area contributed by atoms with Gasteiger partial charge in [0, 0.05) is 12.6 Å². The van der Waals surface area contributed by atoms with Gasteiger partial charge in [-0.15, -0.1) is 0 Å². The van der Waals surface area contributed by atoms with E-state index in [1.165, 1.54) is 0 Å². The van der Waals surface area contributed by atoms with Crippen molar-refractivity contribution in [3.05, 3.63) is 29.3 Å². The molecule has 1 fully saturated rings. The summed E-state index contributed by atoms with van der Waals surface area (Å²) in [7, 11) is -4.37. The van der Waals surface area contributed by atoms with Gasteiger partial charge in [0.15, 0.2) is 0 Å². The Morgan fingerprint density at radius 2 is 2.00 bits per heavy atom. The second kappa shape index (κ2) is 6.06. The van der Waals surface area contributed by atoms with Crippen LogP contribution in [0.3, 0.4) is 0 Å². The number of nitrogens with one attached hydrogen (secondary N) is 1. The predicted molar refractivity (Wildman–Crippen MR) is 74.8 cm³/mol. The number of carboxylic acids is 1. The highest BCUT2D eigenvalue weighted by atomic mass is 32.2. The van der Waals surface area contributed by atoms with E-state index >= 15 is 0 Å². The van der Waals surface area contributed by atoms with Gasteiger partial charge in [0.25, 0.3) is 0 Å². The first-order valence-electron chi connectivity index (χ1n) is 6.67. The zero-order valence-electron chi connectivity index (χ0n) is 12.3. The Hall–Kier alpha value is -2.14. The summed E-state index contributed by atoms with van der Waals surface area (Å²) in [5.41, 5.74) is -2.61. The van der Waals surface area contributed by atoms with E-state index in [9.17, 15) is 31.2 Å². The molecule has 1 aromatic rings. The van der Waals surface area contributed by atoms with E-state index in [4.69, 9.17) is 5.11 Å². The molecule has 1 atom stereocenters. The normalized spacial score (nSPS) is 19.8. The van der Waals surface area contributed by atoms with Crippen molar-refractivity contribution >= 4 is 21.9 Å². The van der Waals surface area contributed by atoms with Crippen molar-refractivity contribution in [1.82, 2.24) is 9.62 Å². The summed E-state index contributed by atoms with van der Waals surface area (Å²) in [6, 6.07) is 1.15. The molecule has 1 heterocycles. The van der Waals surface area contributed by atoms with E-state index < -0.39 is 56.7 Å². The quantitative estimate of drug-likeness (QED) is 0.828. The number of carbonyl (C=O) groups excluding carboxylic acids is 1. The highest BCUT2D eigenvalue weighted by molar-refractivity contribution is 7.89. The first-order valence-corrected chi connectivity index (χ1v) is 8.11. The summed E-state index contributed by atoms with van der Waals surface area (Å²) in [6.07, 6.45) is -5.04. The van der Waals surface area contributed by atoms with Gasteiger partial charge in [-0.25, -0.2) is 13.2 Å². The topological polar surface area (TPSA) is 104 Å². The third kappa shape index (κ3) is 3.51. The minimum Gasteiger partial charge on any atom is -0.478 e. The Balaban J connectivity index is 2.51. The van der Waals surface area contributed by atoms with Gasteiger partial charge in [-0.05, 0) is 25.1 Å². The molecule has 1 aliphatic rings. The van der Waals surface area contributed by atoms with E-state index in [-0.39, 0.29) is 12.6 Å². The van der Waals surface area contributed by atoms with Gasteiger partial charge in [0.05, 0.1) is 22.6 Å². The van der Waals surface area contributed by atoms with Crippen LogP contribution in [0.5, 0.6) is 0 Å². The molecule has 1 aromatic carbocycles. The maximum Gasteiger partial charge on any atom is 0.417 e. The summed E-state index contributed by atoms with van der Waals surface area (Å²) >= 11 is 0. The number of benzene rings is 1. The van der Waals surface area contributed by atoms with Gasteiger partial charge in [0.2, 0.25) is 15.9 Å². The molecule has 7 nitrogen and oxygen atoms in total. The zero-order valence-corrected chi connectivity index (χ0v) is 13.1. The number of carbonyl (C=O) groups is 2. The fourth-order valence-electron chi connectivity index (χ4n) is 2.33. The molecule has 0 bridgehead atoms. The van der Waals surface area contributed by atoms with Crippen LogP contribution in [0.25, 0.3) is 0 Å². The van der Waals surface area contributed by atoms with Gasteiger partial charge in [-0.2, -0.15) is 17.5 Å². The molecule has 132 valence electrons. The Morgan fingerprint density at radius 1 is 1.38 bits per heavy atom. The Kier molecular flexibility index (Phi) is 4.59.